The first-order valence-electron chi connectivity index (χ1n) is 5.78. The molecule has 1 aliphatic rings. The van der Waals surface area contributed by atoms with Gasteiger partial charge in [-0.15, -0.1) is 0 Å². The van der Waals surface area contributed by atoms with E-state index in [4.69, 9.17) is 0 Å². The minimum Gasteiger partial charge on any atom is -0.299 e. The first kappa shape index (κ1) is 10.7. The number of unbranched alkanes of at least 4 members (excludes halogenated alkanes) is 3. The molecule has 1 saturated carbocycles. The van der Waals surface area contributed by atoms with Crippen LogP contribution in [0.3, 0.4) is 0 Å². The third-order valence-electron chi connectivity index (χ3n) is 3.40. The molecule has 2 atom stereocenters. The maximum Gasteiger partial charge on any atom is 0.135 e. The average molecular weight is 182 g/mol. The van der Waals surface area contributed by atoms with Crippen LogP contribution in [0.25, 0.3) is 0 Å². The summed E-state index contributed by atoms with van der Waals surface area (Å²) in [6, 6.07) is 0. The summed E-state index contributed by atoms with van der Waals surface area (Å²) in [6.07, 6.45) is 8.64. The normalized spacial score (nSPS) is 28.3. The van der Waals surface area contributed by atoms with Gasteiger partial charge in [-0.25, -0.2) is 0 Å². The van der Waals surface area contributed by atoms with Crippen LogP contribution in [0.15, 0.2) is 0 Å². The Morgan fingerprint density at radius 1 is 1.31 bits per heavy atom. The predicted octanol–water partition coefficient (Wildman–Crippen LogP) is 3.57. The van der Waals surface area contributed by atoms with E-state index in [1.807, 2.05) is 0 Å². The molecular weight excluding hydrogens is 160 g/mol. The summed E-state index contributed by atoms with van der Waals surface area (Å²) in [5.74, 6) is 1.58. The second-order valence-corrected chi connectivity index (χ2v) is 4.40. The topological polar surface area (TPSA) is 17.1 Å². The number of carbonyl (C=O) groups is 1. The first-order chi connectivity index (χ1) is 6.25. The smallest absolute Gasteiger partial charge is 0.135 e. The van der Waals surface area contributed by atoms with Crippen molar-refractivity contribution in [2.45, 2.75) is 58.8 Å². The average Bonchev–Trinajstić information content (AvgIpc) is 2.43. The maximum absolute atomic E-state index is 11.3. The standard InChI is InChI=1S/C12H22O/c1-3-4-5-6-7-11-8-9-12(13)10(11)2/h10-11H,3-9H2,1-2H3. The Morgan fingerprint density at radius 2 is 2.08 bits per heavy atom. The van der Waals surface area contributed by atoms with Gasteiger partial charge in [0, 0.05) is 12.3 Å². The van der Waals surface area contributed by atoms with E-state index in [-0.39, 0.29) is 0 Å². The molecule has 0 radical (unpaired) electrons. The Labute approximate surface area is 81.9 Å². The van der Waals surface area contributed by atoms with E-state index in [0.29, 0.717) is 17.6 Å². The summed E-state index contributed by atoms with van der Waals surface area (Å²) in [5, 5.41) is 0. The van der Waals surface area contributed by atoms with E-state index in [9.17, 15) is 4.79 Å². The van der Waals surface area contributed by atoms with Crippen LogP contribution in [0.4, 0.5) is 0 Å². The lowest BCUT2D eigenvalue weighted by molar-refractivity contribution is -0.120. The molecule has 0 aromatic carbocycles. The third kappa shape index (κ3) is 3.13. The van der Waals surface area contributed by atoms with Gasteiger partial charge < -0.3 is 0 Å². The predicted molar refractivity (Wildman–Crippen MR) is 55.7 cm³/mol. The number of Topliss-reactive ketones (excluding diaryl/α,β-unsaturated/α-hetero) is 1. The highest BCUT2D eigenvalue weighted by molar-refractivity contribution is 5.82. The van der Waals surface area contributed by atoms with Gasteiger partial charge in [0.25, 0.3) is 0 Å². The lowest BCUT2D eigenvalue weighted by Gasteiger charge is -2.13. The van der Waals surface area contributed by atoms with Crippen molar-refractivity contribution < 1.29 is 4.79 Å². The van der Waals surface area contributed by atoms with Crippen LogP contribution < -0.4 is 0 Å². The van der Waals surface area contributed by atoms with Gasteiger partial charge in [-0.3, -0.25) is 4.79 Å². The van der Waals surface area contributed by atoms with Crippen molar-refractivity contribution in [1.29, 1.82) is 0 Å². The molecule has 1 heteroatoms. The molecular formula is C12H22O. The Bertz CT molecular complexity index is 163. The molecule has 0 aromatic rings. The molecule has 1 rings (SSSR count). The van der Waals surface area contributed by atoms with Crippen molar-refractivity contribution in [2.75, 3.05) is 0 Å². The lowest BCUT2D eigenvalue weighted by Crippen LogP contribution is -2.10. The van der Waals surface area contributed by atoms with Crippen LogP contribution in [0.5, 0.6) is 0 Å². The molecule has 1 fully saturated rings. The fourth-order valence-electron chi connectivity index (χ4n) is 2.30. The van der Waals surface area contributed by atoms with Crippen molar-refractivity contribution in [3.63, 3.8) is 0 Å². The van der Waals surface area contributed by atoms with E-state index >= 15 is 0 Å². The van der Waals surface area contributed by atoms with E-state index < -0.39 is 0 Å². The van der Waals surface area contributed by atoms with E-state index in [0.717, 1.165) is 12.8 Å². The van der Waals surface area contributed by atoms with Gasteiger partial charge in [0.1, 0.15) is 5.78 Å². The first-order valence-corrected chi connectivity index (χ1v) is 5.78. The van der Waals surface area contributed by atoms with Gasteiger partial charge in [-0.05, 0) is 18.8 Å². The Hall–Kier alpha value is -0.330. The highest BCUT2D eigenvalue weighted by Gasteiger charge is 2.29. The zero-order valence-electron chi connectivity index (χ0n) is 9.01. The third-order valence-corrected chi connectivity index (χ3v) is 3.40. The molecule has 2 unspecified atom stereocenters. The van der Waals surface area contributed by atoms with Gasteiger partial charge in [0.05, 0.1) is 0 Å². The second-order valence-electron chi connectivity index (χ2n) is 4.40. The summed E-state index contributed by atoms with van der Waals surface area (Å²) in [6.45, 7) is 4.35. The fourth-order valence-corrected chi connectivity index (χ4v) is 2.30. The molecule has 1 nitrogen and oxygen atoms in total. The molecule has 0 saturated heterocycles. The largest absolute Gasteiger partial charge is 0.299 e. The van der Waals surface area contributed by atoms with Crippen LogP contribution in [0.1, 0.15) is 58.8 Å². The van der Waals surface area contributed by atoms with E-state index in [1.54, 1.807) is 0 Å². The molecule has 0 aromatic heterocycles. The highest BCUT2D eigenvalue weighted by atomic mass is 16.1. The number of hydrogen-bond acceptors (Lipinski definition) is 1. The van der Waals surface area contributed by atoms with Crippen molar-refractivity contribution in [3.8, 4) is 0 Å². The van der Waals surface area contributed by atoms with Crippen molar-refractivity contribution >= 4 is 5.78 Å². The molecule has 0 amide bonds. The fraction of sp³-hybridized carbons (Fsp3) is 0.917. The summed E-state index contributed by atoms with van der Waals surface area (Å²) in [4.78, 5) is 11.3. The molecule has 0 heterocycles. The zero-order chi connectivity index (χ0) is 9.68. The second kappa shape index (κ2) is 5.41. The SMILES string of the molecule is CCCCCCC1CCC(=O)C1C. The molecule has 0 N–H and O–H groups in total. The Kier molecular flexibility index (Phi) is 4.47. The molecule has 76 valence electrons. The van der Waals surface area contributed by atoms with Crippen LogP contribution in [0.2, 0.25) is 0 Å². The number of carbonyl (C=O) groups excluding carboxylic acids is 1. The van der Waals surface area contributed by atoms with Crippen molar-refractivity contribution in [2.24, 2.45) is 11.8 Å². The van der Waals surface area contributed by atoms with Gasteiger partial charge in [-0.2, -0.15) is 0 Å². The maximum atomic E-state index is 11.3. The van der Waals surface area contributed by atoms with Gasteiger partial charge in [0.15, 0.2) is 0 Å². The number of ketones is 1. The van der Waals surface area contributed by atoms with E-state index in [2.05, 4.69) is 13.8 Å². The number of rotatable bonds is 5. The lowest BCUT2D eigenvalue weighted by atomic mass is 9.92. The summed E-state index contributed by atoms with van der Waals surface area (Å²) in [5.41, 5.74) is 0. The molecule has 0 spiro atoms. The van der Waals surface area contributed by atoms with Gasteiger partial charge >= 0.3 is 0 Å². The van der Waals surface area contributed by atoms with Crippen LogP contribution >= 0.6 is 0 Å². The highest BCUT2D eigenvalue weighted by Crippen LogP contribution is 2.32. The molecule has 0 bridgehead atoms. The number of hydrogen-bond donors (Lipinski definition) is 0. The van der Waals surface area contributed by atoms with E-state index in [1.165, 1.54) is 32.1 Å². The summed E-state index contributed by atoms with van der Waals surface area (Å²) >= 11 is 0. The summed E-state index contributed by atoms with van der Waals surface area (Å²) < 4.78 is 0. The Balaban J connectivity index is 2.11. The van der Waals surface area contributed by atoms with Gasteiger partial charge in [0.2, 0.25) is 0 Å². The zero-order valence-corrected chi connectivity index (χ0v) is 9.01. The monoisotopic (exact) mass is 182 g/mol. The van der Waals surface area contributed by atoms with Crippen LogP contribution in [0, 0.1) is 11.8 Å². The molecule has 1 aliphatic carbocycles. The minimum absolute atomic E-state index is 0.363. The van der Waals surface area contributed by atoms with Crippen LogP contribution in [-0.4, -0.2) is 5.78 Å². The minimum atomic E-state index is 0.363. The van der Waals surface area contributed by atoms with Crippen molar-refractivity contribution in [3.05, 3.63) is 0 Å². The quantitative estimate of drug-likeness (QED) is 0.594. The molecule has 0 aliphatic heterocycles. The van der Waals surface area contributed by atoms with Crippen LogP contribution in [-0.2, 0) is 4.79 Å². The van der Waals surface area contributed by atoms with Gasteiger partial charge in [-0.1, -0.05) is 39.5 Å². The Morgan fingerprint density at radius 3 is 2.62 bits per heavy atom. The molecule has 13 heavy (non-hydrogen) atoms. The van der Waals surface area contributed by atoms with Crippen molar-refractivity contribution in [1.82, 2.24) is 0 Å². The summed E-state index contributed by atoms with van der Waals surface area (Å²) in [7, 11) is 0.